The molecule has 0 fully saturated rings. The molecular formula is C15H18ClN3O2S. The summed E-state index contributed by atoms with van der Waals surface area (Å²) in [5.41, 5.74) is 7.03. The monoisotopic (exact) mass is 339 g/mol. The first-order valence-electron chi connectivity index (χ1n) is 7.02. The van der Waals surface area contributed by atoms with Gasteiger partial charge in [0.1, 0.15) is 5.75 Å². The van der Waals surface area contributed by atoms with E-state index in [1.807, 2.05) is 30.5 Å². The number of nitrogens with two attached hydrogens (primary N) is 1. The van der Waals surface area contributed by atoms with Crippen molar-refractivity contribution in [3.05, 3.63) is 28.6 Å². The Morgan fingerprint density at radius 1 is 1.50 bits per heavy atom. The van der Waals surface area contributed by atoms with Crippen molar-refractivity contribution in [1.82, 2.24) is 4.98 Å². The van der Waals surface area contributed by atoms with E-state index in [9.17, 15) is 4.79 Å². The molecule has 0 unspecified atom stereocenters. The predicted molar refractivity (Wildman–Crippen MR) is 90.6 cm³/mol. The highest BCUT2D eigenvalue weighted by Crippen LogP contribution is 2.32. The van der Waals surface area contributed by atoms with Crippen LogP contribution in [0.1, 0.15) is 19.8 Å². The minimum atomic E-state index is -0.0731. The summed E-state index contributed by atoms with van der Waals surface area (Å²) >= 11 is 7.55. The van der Waals surface area contributed by atoms with E-state index >= 15 is 0 Å². The third kappa shape index (κ3) is 4.43. The molecule has 1 aromatic heterocycles. The Labute approximate surface area is 138 Å². The van der Waals surface area contributed by atoms with E-state index in [-0.39, 0.29) is 5.91 Å². The van der Waals surface area contributed by atoms with Gasteiger partial charge in [0, 0.05) is 17.4 Å². The summed E-state index contributed by atoms with van der Waals surface area (Å²) in [4.78, 5) is 16.1. The van der Waals surface area contributed by atoms with Crippen LogP contribution in [-0.2, 0) is 4.79 Å². The van der Waals surface area contributed by atoms with E-state index in [1.54, 1.807) is 0 Å². The van der Waals surface area contributed by atoms with Gasteiger partial charge in [-0.25, -0.2) is 4.98 Å². The van der Waals surface area contributed by atoms with Crippen LogP contribution in [0.5, 0.6) is 5.75 Å². The molecule has 0 atom stereocenters. The summed E-state index contributed by atoms with van der Waals surface area (Å²) in [6, 6.07) is 5.52. The van der Waals surface area contributed by atoms with Crippen molar-refractivity contribution in [2.24, 2.45) is 5.73 Å². The number of amides is 1. The molecule has 0 bridgehead atoms. The number of hydrogen-bond acceptors (Lipinski definition) is 5. The normalized spacial score (nSPS) is 10.5. The molecule has 0 saturated heterocycles. The average Bonchev–Trinajstić information content (AvgIpc) is 2.96. The van der Waals surface area contributed by atoms with Crippen LogP contribution < -0.4 is 15.8 Å². The molecule has 0 aliphatic rings. The van der Waals surface area contributed by atoms with Crippen molar-refractivity contribution in [1.29, 1.82) is 0 Å². The van der Waals surface area contributed by atoms with Crippen LogP contribution in [-0.4, -0.2) is 24.0 Å². The Bertz CT molecular complexity index is 645. The molecule has 5 nitrogen and oxygen atoms in total. The van der Waals surface area contributed by atoms with Crippen LogP contribution in [0.4, 0.5) is 5.13 Å². The molecule has 22 heavy (non-hydrogen) atoms. The third-order valence-corrected chi connectivity index (χ3v) is 3.94. The van der Waals surface area contributed by atoms with Crippen LogP contribution in [0, 0.1) is 0 Å². The number of carbonyl (C=O) groups is 1. The number of ether oxygens (including phenoxy) is 1. The molecule has 0 spiro atoms. The Morgan fingerprint density at radius 3 is 3.00 bits per heavy atom. The maximum atomic E-state index is 11.7. The molecule has 0 radical (unpaired) electrons. The molecule has 1 heterocycles. The lowest BCUT2D eigenvalue weighted by Crippen LogP contribution is -2.13. The molecule has 1 amide bonds. The van der Waals surface area contributed by atoms with Gasteiger partial charge >= 0.3 is 0 Å². The molecule has 0 aliphatic carbocycles. The smallest absolute Gasteiger partial charge is 0.226 e. The number of benzene rings is 1. The SMILES string of the molecule is CCOc1ccc(-c2csc(NC(=O)CCCN)n2)cc1Cl. The first-order chi connectivity index (χ1) is 10.6. The zero-order chi connectivity index (χ0) is 15.9. The Kier molecular flexibility index (Phi) is 6.18. The van der Waals surface area contributed by atoms with Gasteiger partial charge in [0.25, 0.3) is 0 Å². The minimum absolute atomic E-state index is 0.0731. The lowest BCUT2D eigenvalue weighted by Gasteiger charge is -2.06. The fourth-order valence-corrected chi connectivity index (χ4v) is 2.81. The molecular weight excluding hydrogens is 322 g/mol. The maximum Gasteiger partial charge on any atom is 0.226 e. The summed E-state index contributed by atoms with van der Waals surface area (Å²) in [6.45, 7) is 2.97. The van der Waals surface area contributed by atoms with E-state index in [0.717, 1.165) is 11.3 Å². The fourth-order valence-electron chi connectivity index (χ4n) is 1.84. The lowest BCUT2D eigenvalue weighted by atomic mass is 10.2. The van der Waals surface area contributed by atoms with Crippen LogP contribution in [0.2, 0.25) is 5.02 Å². The number of thiazole rings is 1. The quantitative estimate of drug-likeness (QED) is 0.808. The summed E-state index contributed by atoms with van der Waals surface area (Å²) in [7, 11) is 0. The first kappa shape index (κ1) is 16.7. The maximum absolute atomic E-state index is 11.7. The highest BCUT2D eigenvalue weighted by Gasteiger charge is 2.10. The van der Waals surface area contributed by atoms with Crippen molar-refractivity contribution >= 4 is 34.0 Å². The summed E-state index contributed by atoms with van der Waals surface area (Å²) < 4.78 is 5.41. The van der Waals surface area contributed by atoms with Crippen molar-refractivity contribution in [2.45, 2.75) is 19.8 Å². The third-order valence-electron chi connectivity index (χ3n) is 2.89. The molecule has 3 N–H and O–H groups in total. The second-order valence-corrected chi connectivity index (χ2v) is 5.82. The number of hydrogen-bond donors (Lipinski definition) is 2. The second kappa shape index (κ2) is 8.12. The Hall–Kier alpha value is -1.63. The number of nitrogens with zero attached hydrogens (tertiary/aromatic N) is 1. The summed E-state index contributed by atoms with van der Waals surface area (Å²) in [5, 5.41) is 5.76. The van der Waals surface area contributed by atoms with E-state index < -0.39 is 0 Å². The molecule has 2 rings (SSSR count). The molecule has 0 saturated carbocycles. The van der Waals surface area contributed by atoms with Crippen LogP contribution in [0.15, 0.2) is 23.6 Å². The fraction of sp³-hybridized carbons (Fsp3) is 0.333. The van der Waals surface area contributed by atoms with Gasteiger partial charge in [0.05, 0.1) is 17.3 Å². The van der Waals surface area contributed by atoms with Gasteiger partial charge < -0.3 is 15.8 Å². The number of aromatic nitrogens is 1. The summed E-state index contributed by atoms with van der Waals surface area (Å²) in [5.74, 6) is 0.578. The highest BCUT2D eigenvalue weighted by molar-refractivity contribution is 7.14. The van der Waals surface area contributed by atoms with Crippen molar-refractivity contribution in [2.75, 3.05) is 18.5 Å². The number of nitrogens with one attached hydrogen (secondary N) is 1. The van der Waals surface area contributed by atoms with Crippen molar-refractivity contribution < 1.29 is 9.53 Å². The van der Waals surface area contributed by atoms with E-state index in [0.29, 0.717) is 41.9 Å². The second-order valence-electron chi connectivity index (χ2n) is 4.56. The standard InChI is InChI=1S/C15H18ClN3O2S/c1-2-21-13-6-5-10(8-11(13)16)12-9-22-15(18-12)19-14(20)4-3-7-17/h5-6,8-9H,2-4,7,17H2,1H3,(H,18,19,20). The number of anilines is 1. The number of halogens is 1. The molecule has 7 heteroatoms. The lowest BCUT2D eigenvalue weighted by molar-refractivity contribution is -0.116. The predicted octanol–water partition coefficient (Wildman–Crippen LogP) is 3.54. The van der Waals surface area contributed by atoms with Gasteiger partial charge in [0.15, 0.2) is 5.13 Å². The largest absolute Gasteiger partial charge is 0.492 e. The van der Waals surface area contributed by atoms with Gasteiger partial charge in [-0.05, 0) is 38.1 Å². The van der Waals surface area contributed by atoms with Crippen LogP contribution in [0.25, 0.3) is 11.3 Å². The van der Waals surface area contributed by atoms with Crippen molar-refractivity contribution in [3.8, 4) is 17.0 Å². The van der Waals surface area contributed by atoms with Gasteiger partial charge in [-0.1, -0.05) is 11.6 Å². The van der Waals surface area contributed by atoms with Gasteiger partial charge in [-0.15, -0.1) is 11.3 Å². The minimum Gasteiger partial charge on any atom is -0.492 e. The summed E-state index contributed by atoms with van der Waals surface area (Å²) in [6.07, 6.45) is 1.07. The average molecular weight is 340 g/mol. The molecule has 0 aliphatic heterocycles. The Morgan fingerprint density at radius 2 is 2.32 bits per heavy atom. The zero-order valence-electron chi connectivity index (χ0n) is 12.3. The molecule has 1 aromatic carbocycles. The van der Waals surface area contributed by atoms with Gasteiger partial charge in [0.2, 0.25) is 5.91 Å². The van der Waals surface area contributed by atoms with Gasteiger partial charge in [-0.2, -0.15) is 0 Å². The number of rotatable bonds is 7. The Balaban J connectivity index is 2.07. The molecule has 118 valence electrons. The van der Waals surface area contributed by atoms with E-state index in [2.05, 4.69) is 10.3 Å². The van der Waals surface area contributed by atoms with Crippen LogP contribution in [0.3, 0.4) is 0 Å². The van der Waals surface area contributed by atoms with E-state index in [1.165, 1.54) is 11.3 Å². The van der Waals surface area contributed by atoms with E-state index in [4.69, 9.17) is 22.1 Å². The van der Waals surface area contributed by atoms with Crippen LogP contribution >= 0.6 is 22.9 Å². The first-order valence-corrected chi connectivity index (χ1v) is 8.28. The van der Waals surface area contributed by atoms with Gasteiger partial charge in [-0.3, -0.25) is 4.79 Å². The van der Waals surface area contributed by atoms with Crippen molar-refractivity contribution in [3.63, 3.8) is 0 Å². The molecule has 2 aromatic rings. The highest BCUT2D eigenvalue weighted by atomic mass is 35.5. The number of carbonyl (C=O) groups excluding carboxylic acids is 1. The zero-order valence-corrected chi connectivity index (χ0v) is 13.8. The topological polar surface area (TPSA) is 77.2 Å².